The van der Waals surface area contributed by atoms with Crippen LogP contribution in [-0.2, 0) is 4.79 Å². The van der Waals surface area contributed by atoms with Gasteiger partial charge in [0.2, 0.25) is 5.91 Å². The molecule has 2 aromatic rings. The number of anilines is 2. The second-order valence-electron chi connectivity index (χ2n) is 6.35. The molecule has 142 valence electrons. The van der Waals surface area contributed by atoms with Crippen LogP contribution in [0.25, 0.3) is 0 Å². The largest absolute Gasteiger partial charge is 0.368 e. The summed E-state index contributed by atoms with van der Waals surface area (Å²) < 4.78 is 0. The lowest BCUT2D eigenvalue weighted by Gasteiger charge is -2.36. The normalized spacial score (nSPS) is 15.2. The molecule has 0 saturated carbocycles. The lowest BCUT2D eigenvalue weighted by Crippen LogP contribution is -2.54. The first kappa shape index (κ1) is 19.0. The first-order chi connectivity index (χ1) is 13.0. The van der Waals surface area contributed by atoms with Crippen LogP contribution in [0.5, 0.6) is 0 Å². The number of urea groups is 1. The van der Waals surface area contributed by atoms with Gasteiger partial charge < -0.3 is 20.4 Å². The van der Waals surface area contributed by atoms with Gasteiger partial charge in [0.1, 0.15) is 6.04 Å². The quantitative estimate of drug-likeness (QED) is 0.845. The van der Waals surface area contributed by atoms with Gasteiger partial charge in [0.25, 0.3) is 0 Å². The molecule has 0 unspecified atom stereocenters. The van der Waals surface area contributed by atoms with Crippen LogP contribution in [-0.4, -0.2) is 54.0 Å². The van der Waals surface area contributed by atoms with E-state index in [0.717, 1.165) is 18.8 Å². The van der Waals surface area contributed by atoms with Crippen molar-refractivity contribution in [3.05, 3.63) is 53.8 Å². The van der Waals surface area contributed by atoms with Crippen LogP contribution in [0.15, 0.2) is 48.8 Å². The molecule has 1 aliphatic rings. The number of hydrogen-bond donors (Lipinski definition) is 2. The molecule has 7 nitrogen and oxygen atoms in total. The molecule has 0 spiro atoms. The van der Waals surface area contributed by atoms with Crippen molar-refractivity contribution in [1.29, 1.82) is 0 Å². The fraction of sp³-hybridized carbons (Fsp3) is 0.316. The van der Waals surface area contributed by atoms with Crippen molar-refractivity contribution in [3.63, 3.8) is 0 Å². The molecule has 1 aliphatic heterocycles. The summed E-state index contributed by atoms with van der Waals surface area (Å²) in [4.78, 5) is 32.5. The second-order valence-corrected chi connectivity index (χ2v) is 6.78. The van der Waals surface area contributed by atoms with Gasteiger partial charge in [-0.15, -0.1) is 0 Å². The van der Waals surface area contributed by atoms with Crippen LogP contribution in [0.3, 0.4) is 0 Å². The van der Waals surface area contributed by atoms with E-state index < -0.39 is 6.04 Å². The minimum atomic E-state index is -0.639. The van der Waals surface area contributed by atoms with Crippen LogP contribution < -0.4 is 15.5 Å². The van der Waals surface area contributed by atoms with Crippen molar-refractivity contribution < 1.29 is 9.59 Å². The van der Waals surface area contributed by atoms with Gasteiger partial charge in [0.15, 0.2) is 0 Å². The number of amides is 3. The molecule has 1 aromatic heterocycles. The molecule has 0 aliphatic carbocycles. The Hall–Kier alpha value is -2.80. The summed E-state index contributed by atoms with van der Waals surface area (Å²) in [5.74, 6) is -0.269. The third-order valence-electron chi connectivity index (χ3n) is 4.44. The van der Waals surface area contributed by atoms with Gasteiger partial charge in [-0.2, -0.15) is 0 Å². The highest BCUT2D eigenvalue weighted by Crippen LogP contribution is 2.19. The summed E-state index contributed by atoms with van der Waals surface area (Å²) in [6.45, 7) is 4.30. The van der Waals surface area contributed by atoms with E-state index in [0.29, 0.717) is 23.8 Å². The van der Waals surface area contributed by atoms with Gasteiger partial charge in [-0.1, -0.05) is 11.6 Å². The van der Waals surface area contributed by atoms with Gasteiger partial charge >= 0.3 is 6.03 Å². The van der Waals surface area contributed by atoms with Gasteiger partial charge in [-0.3, -0.25) is 9.78 Å². The van der Waals surface area contributed by atoms with E-state index in [1.807, 2.05) is 24.3 Å². The van der Waals surface area contributed by atoms with Crippen molar-refractivity contribution in [1.82, 2.24) is 15.2 Å². The number of nitrogens with one attached hydrogen (secondary N) is 2. The standard InChI is InChI=1S/C19H22ClN5O2/c1-14(18(26)23-16-6-8-21-9-7-16)22-19(27)25-12-10-24(11-13-25)17-4-2-15(20)3-5-17/h2-9,14H,10-13H2,1H3,(H,22,27)(H,21,23,26)/t14-/m1/s1. The minimum Gasteiger partial charge on any atom is -0.368 e. The molecule has 0 bridgehead atoms. The Bertz CT molecular complexity index is 776. The van der Waals surface area contributed by atoms with E-state index >= 15 is 0 Å². The molecule has 1 aromatic carbocycles. The van der Waals surface area contributed by atoms with Gasteiger partial charge in [-0.25, -0.2) is 4.79 Å². The number of hydrogen-bond acceptors (Lipinski definition) is 4. The topological polar surface area (TPSA) is 77.6 Å². The number of piperazine rings is 1. The first-order valence-electron chi connectivity index (χ1n) is 8.80. The van der Waals surface area contributed by atoms with Gasteiger partial charge in [0.05, 0.1) is 0 Å². The van der Waals surface area contributed by atoms with Gasteiger partial charge in [-0.05, 0) is 43.3 Å². The number of halogens is 1. The molecular formula is C19H22ClN5O2. The van der Waals surface area contributed by atoms with Crippen LogP contribution in [0.2, 0.25) is 5.02 Å². The number of rotatable bonds is 4. The summed E-state index contributed by atoms with van der Waals surface area (Å²) >= 11 is 5.92. The lowest BCUT2D eigenvalue weighted by atomic mass is 10.2. The predicted octanol–water partition coefficient (Wildman–Crippen LogP) is 2.59. The molecule has 27 heavy (non-hydrogen) atoms. The number of benzene rings is 1. The first-order valence-corrected chi connectivity index (χ1v) is 9.17. The third-order valence-corrected chi connectivity index (χ3v) is 4.69. The van der Waals surface area contributed by atoms with Crippen molar-refractivity contribution in [3.8, 4) is 0 Å². The molecule has 2 N–H and O–H groups in total. The van der Waals surface area contributed by atoms with Crippen LogP contribution in [0, 0.1) is 0 Å². The monoisotopic (exact) mass is 387 g/mol. The Morgan fingerprint density at radius 3 is 2.30 bits per heavy atom. The van der Waals surface area contributed by atoms with E-state index in [-0.39, 0.29) is 11.9 Å². The van der Waals surface area contributed by atoms with Crippen LogP contribution in [0.4, 0.5) is 16.2 Å². The van der Waals surface area contributed by atoms with Crippen LogP contribution in [0.1, 0.15) is 6.92 Å². The molecule has 1 saturated heterocycles. The number of carbonyl (C=O) groups is 2. The summed E-state index contributed by atoms with van der Waals surface area (Å²) in [7, 11) is 0. The number of nitrogens with zero attached hydrogens (tertiary/aromatic N) is 3. The third kappa shape index (κ3) is 5.10. The predicted molar refractivity (Wildman–Crippen MR) is 106 cm³/mol. The highest BCUT2D eigenvalue weighted by molar-refractivity contribution is 6.30. The number of carbonyl (C=O) groups excluding carboxylic acids is 2. The molecule has 8 heteroatoms. The average Bonchev–Trinajstić information content (AvgIpc) is 2.69. The van der Waals surface area contributed by atoms with Crippen molar-refractivity contribution in [2.45, 2.75) is 13.0 Å². The Morgan fingerprint density at radius 2 is 1.67 bits per heavy atom. The Balaban J connectivity index is 1.47. The average molecular weight is 388 g/mol. The molecule has 1 fully saturated rings. The highest BCUT2D eigenvalue weighted by atomic mass is 35.5. The Labute approximate surface area is 163 Å². The van der Waals surface area contributed by atoms with E-state index in [4.69, 9.17) is 11.6 Å². The lowest BCUT2D eigenvalue weighted by molar-refractivity contribution is -0.117. The molecule has 3 rings (SSSR count). The maximum atomic E-state index is 12.4. The fourth-order valence-corrected chi connectivity index (χ4v) is 2.97. The van der Waals surface area contributed by atoms with E-state index in [1.54, 1.807) is 36.4 Å². The zero-order chi connectivity index (χ0) is 19.2. The number of pyridine rings is 1. The van der Waals surface area contributed by atoms with E-state index in [2.05, 4.69) is 20.5 Å². The highest BCUT2D eigenvalue weighted by Gasteiger charge is 2.24. The summed E-state index contributed by atoms with van der Waals surface area (Å²) in [6.07, 6.45) is 3.19. The maximum Gasteiger partial charge on any atom is 0.318 e. The molecule has 2 heterocycles. The summed E-state index contributed by atoms with van der Waals surface area (Å²) in [6, 6.07) is 10.2. The van der Waals surface area contributed by atoms with Crippen LogP contribution >= 0.6 is 11.6 Å². The SMILES string of the molecule is C[C@@H](NC(=O)N1CCN(c2ccc(Cl)cc2)CC1)C(=O)Nc1ccncc1. The zero-order valence-corrected chi connectivity index (χ0v) is 15.8. The second kappa shape index (κ2) is 8.73. The summed E-state index contributed by atoms with van der Waals surface area (Å²) in [5, 5.41) is 6.21. The molecule has 1 atom stereocenters. The Morgan fingerprint density at radius 1 is 1.04 bits per heavy atom. The smallest absolute Gasteiger partial charge is 0.318 e. The van der Waals surface area contributed by atoms with Crippen molar-refractivity contribution >= 4 is 34.9 Å². The van der Waals surface area contributed by atoms with E-state index in [1.165, 1.54) is 0 Å². The van der Waals surface area contributed by atoms with E-state index in [9.17, 15) is 9.59 Å². The Kier molecular flexibility index (Phi) is 6.13. The minimum absolute atomic E-state index is 0.233. The fourth-order valence-electron chi connectivity index (χ4n) is 2.85. The van der Waals surface area contributed by atoms with Crippen molar-refractivity contribution in [2.75, 3.05) is 36.4 Å². The summed E-state index contributed by atoms with van der Waals surface area (Å²) in [5.41, 5.74) is 1.73. The maximum absolute atomic E-state index is 12.4. The zero-order valence-electron chi connectivity index (χ0n) is 15.1. The molecule has 0 radical (unpaired) electrons. The molecule has 3 amide bonds. The van der Waals surface area contributed by atoms with Gasteiger partial charge in [0, 0.05) is 55.0 Å². The van der Waals surface area contributed by atoms with Crippen molar-refractivity contribution in [2.24, 2.45) is 0 Å². The molecular weight excluding hydrogens is 366 g/mol. The number of aromatic nitrogens is 1.